The fourth-order valence-electron chi connectivity index (χ4n) is 2.88. The Kier molecular flexibility index (Phi) is 4.51. The Hall–Kier alpha value is -2.97. The van der Waals surface area contributed by atoms with Crippen LogP contribution in [0.4, 0.5) is 11.4 Å². The molecular formula is C19H16N4O2S2. The van der Waals surface area contributed by atoms with E-state index in [4.69, 9.17) is 5.41 Å². The van der Waals surface area contributed by atoms with Crippen LogP contribution >= 0.6 is 22.7 Å². The van der Waals surface area contributed by atoms with Gasteiger partial charge in [-0.1, -0.05) is 6.07 Å². The van der Waals surface area contributed by atoms with Crippen LogP contribution in [0.2, 0.25) is 0 Å². The molecule has 0 saturated carbocycles. The van der Waals surface area contributed by atoms with Gasteiger partial charge in [0.15, 0.2) is 0 Å². The second-order valence-electron chi connectivity index (χ2n) is 6.00. The van der Waals surface area contributed by atoms with Crippen LogP contribution in [-0.4, -0.2) is 28.4 Å². The highest BCUT2D eigenvalue weighted by atomic mass is 32.1. The van der Waals surface area contributed by atoms with Crippen LogP contribution < -0.4 is 10.2 Å². The summed E-state index contributed by atoms with van der Waals surface area (Å²) in [6.07, 6.45) is 0. The second kappa shape index (κ2) is 6.98. The van der Waals surface area contributed by atoms with Crippen molar-refractivity contribution in [3.63, 3.8) is 0 Å². The van der Waals surface area contributed by atoms with Crippen molar-refractivity contribution >= 4 is 51.4 Å². The molecule has 1 aliphatic rings. The molecule has 0 bridgehead atoms. The molecule has 0 radical (unpaired) electrons. The number of rotatable bonds is 4. The minimum absolute atomic E-state index is 0.136. The molecule has 0 aliphatic carbocycles. The number of nitrogens with one attached hydrogen (secondary N) is 2. The van der Waals surface area contributed by atoms with Crippen molar-refractivity contribution in [2.75, 3.05) is 16.8 Å². The lowest BCUT2D eigenvalue weighted by Gasteiger charge is -2.19. The van der Waals surface area contributed by atoms with Gasteiger partial charge in [0.25, 0.3) is 0 Å². The van der Waals surface area contributed by atoms with Crippen LogP contribution in [0, 0.1) is 5.41 Å². The van der Waals surface area contributed by atoms with E-state index in [2.05, 4.69) is 10.3 Å². The predicted octanol–water partition coefficient (Wildman–Crippen LogP) is 4.60. The molecule has 0 unspecified atom stereocenters. The van der Waals surface area contributed by atoms with Gasteiger partial charge in [0.05, 0.1) is 22.7 Å². The average molecular weight is 396 g/mol. The number of amidine groups is 1. The van der Waals surface area contributed by atoms with Crippen LogP contribution in [0.1, 0.15) is 11.9 Å². The number of nitrogens with zero attached hydrogens (tertiary/aromatic N) is 2. The van der Waals surface area contributed by atoms with Crippen LogP contribution in [-0.2, 0) is 4.79 Å². The first kappa shape index (κ1) is 17.4. The molecule has 3 N–H and O–H groups in total. The molecule has 0 atom stereocenters. The van der Waals surface area contributed by atoms with Gasteiger partial charge in [-0.2, -0.15) is 0 Å². The maximum Gasteiger partial charge on any atom is 0.221 e. The summed E-state index contributed by atoms with van der Waals surface area (Å²) in [5.74, 6) is 0.216. The maximum atomic E-state index is 11.1. The number of hydrogen-bond acceptors (Lipinski definition) is 6. The van der Waals surface area contributed by atoms with E-state index in [1.807, 2.05) is 35.0 Å². The average Bonchev–Trinajstić information content (AvgIpc) is 3.35. The highest BCUT2D eigenvalue weighted by Gasteiger charge is 2.31. The summed E-state index contributed by atoms with van der Waals surface area (Å²) in [5.41, 5.74) is 2.78. The molecule has 0 saturated heterocycles. The third-order valence-electron chi connectivity index (χ3n) is 4.09. The molecule has 3 aromatic rings. The van der Waals surface area contributed by atoms with Gasteiger partial charge in [0.2, 0.25) is 5.91 Å². The van der Waals surface area contributed by atoms with Crippen molar-refractivity contribution < 1.29 is 9.90 Å². The monoisotopic (exact) mass is 396 g/mol. The molecule has 0 fully saturated rings. The van der Waals surface area contributed by atoms with Gasteiger partial charge >= 0.3 is 0 Å². The maximum absolute atomic E-state index is 11.1. The Morgan fingerprint density at radius 1 is 1.26 bits per heavy atom. The van der Waals surface area contributed by atoms with E-state index in [1.54, 1.807) is 28.4 Å². The van der Waals surface area contributed by atoms with E-state index in [0.717, 1.165) is 16.3 Å². The number of thiazole rings is 1. The van der Waals surface area contributed by atoms with Gasteiger partial charge in [-0.15, -0.1) is 22.7 Å². The third-order valence-corrected chi connectivity index (χ3v) is 5.85. The number of benzene rings is 1. The molecule has 1 aromatic carbocycles. The van der Waals surface area contributed by atoms with Crippen LogP contribution in [0.15, 0.2) is 52.9 Å². The standard InChI is InChI=1S/C19H16N4O2S2/c1-11(24)21-12-4-6-13(7-5-12)23-9-15(25)17(18(23)20)19-22-14(10-27-19)16-3-2-8-26-16/h2-8,10,20,25H,9H2,1H3,(H,21,24). The van der Waals surface area contributed by atoms with Crippen molar-refractivity contribution in [3.8, 4) is 10.6 Å². The number of amides is 1. The van der Waals surface area contributed by atoms with Gasteiger partial charge in [0, 0.05) is 23.7 Å². The van der Waals surface area contributed by atoms with Crippen molar-refractivity contribution in [1.29, 1.82) is 5.41 Å². The number of thiophene rings is 1. The zero-order valence-corrected chi connectivity index (χ0v) is 16.0. The fraction of sp³-hybridized carbons (Fsp3) is 0.105. The summed E-state index contributed by atoms with van der Waals surface area (Å²) < 4.78 is 0. The molecule has 4 rings (SSSR count). The first-order valence-electron chi connectivity index (χ1n) is 8.19. The molecule has 3 heterocycles. The Bertz CT molecular complexity index is 1040. The summed E-state index contributed by atoms with van der Waals surface area (Å²) in [4.78, 5) is 18.5. The summed E-state index contributed by atoms with van der Waals surface area (Å²) >= 11 is 3.03. The Balaban J connectivity index is 1.57. The molecule has 136 valence electrons. The normalized spacial score (nSPS) is 14.1. The van der Waals surface area contributed by atoms with Gasteiger partial charge in [-0.3, -0.25) is 10.2 Å². The molecule has 2 aromatic heterocycles. The molecule has 1 aliphatic heterocycles. The van der Waals surface area contributed by atoms with Gasteiger partial charge < -0.3 is 15.3 Å². The summed E-state index contributed by atoms with van der Waals surface area (Å²) in [5, 5.41) is 26.3. The Morgan fingerprint density at radius 3 is 2.70 bits per heavy atom. The zero-order valence-electron chi connectivity index (χ0n) is 14.4. The molecule has 0 spiro atoms. The molecule has 8 heteroatoms. The SMILES string of the molecule is CC(=O)Nc1ccc(N2CC(O)=C(c3nc(-c4cccs4)cs3)C2=N)cc1. The Morgan fingerprint density at radius 2 is 2.04 bits per heavy atom. The number of aliphatic hydroxyl groups excluding tert-OH is 1. The first-order valence-corrected chi connectivity index (χ1v) is 9.95. The minimum atomic E-state index is -0.136. The summed E-state index contributed by atoms with van der Waals surface area (Å²) in [6.45, 7) is 1.68. The van der Waals surface area contributed by atoms with Crippen LogP contribution in [0.25, 0.3) is 16.1 Å². The van der Waals surface area contributed by atoms with E-state index in [1.165, 1.54) is 18.3 Å². The zero-order chi connectivity index (χ0) is 19.0. The fourth-order valence-corrected chi connectivity index (χ4v) is 4.53. The van der Waals surface area contributed by atoms with Crippen molar-refractivity contribution in [3.05, 3.63) is 57.9 Å². The van der Waals surface area contributed by atoms with Crippen LogP contribution in [0.5, 0.6) is 0 Å². The highest BCUT2D eigenvalue weighted by molar-refractivity contribution is 7.14. The molecule has 6 nitrogen and oxygen atoms in total. The number of carbonyl (C=O) groups excluding carboxylic acids is 1. The lowest BCUT2D eigenvalue weighted by Crippen LogP contribution is -2.26. The smallest absolute Gasteiger partial charge is 0.221 e. The lowest BCUT2D eigenvalue weighted by atomic mass is 10.2. The van der Waals surface area contributed by atoms with E-state index in [9.17, 15) is 9.90 Å². The topological polar surface area (TPSA) is 89.3 Å². The summed E-state index contributed by atoms with van der Waals surface area (Å²) in [7, 11) is 0. The molecule has 1 amide bonds. The summed E-state index contributed by atoms with van der Waals surface area (Å²) in [6, 6.07) is 11.2. The number of anilines is 2. The van der Waals surface area contributed by atoms with Crippen LogP contribution in [0.3, 0.4) is 0 Å². The van der Waals surface area contributed by atoms with E-state index in [-0.39, 0.29) is 24.0 Å². The molecule has 27 heavy (non-hydrogen) atoms. The Labute approximate surface area is 163 Å². The number of carbonyl (C=O) groups is 1. The van der Waals surface area contributed by atoms with Gasteiger partial charge in [-0.05, 0) is 35.7 Å². The van der Waals surface area contributed by atoms with Gasteiger partial charge in [-0.25, -0.2) is 4.98 Å². The first-order chi connectivity index (χ1) is 13.0. The number of aliphatic hydroxyl groups is 1. The number of hydrogen-bond donors (Lipinski definition) is 3. The third kappa shape index (κ3) is 3.36. The minimum Gasteiger partial charge on any atom is -0.510 e. The van der Waals surface area contributed by atoms with Crippen molar-refractivity contribution in [2.45, 2.75) is 6.92 Å². The lowest BCUT2D eigenvalue weighted by molar-refractivity contribution is -0.114. The molecular weight excluding hydrogens is 380 g/mol. The van der Waals surface area contributed by atoms with E-state index >= 15 is 0 Å². The largest absolute Gasteiger partial charge is 0.510 e. The second-order valence-corrected chi connectivity index (χ2v) is 7.81. The van der Waals surface area contributed by atoms with Crippen molar-refractivity contribution in [2.24, 2.45) is 0 Å². The quantitative estimate of drug-likeness (QED) is 0.601. The van der Waals surface area contributed by atoms with Crippen molar-refractivity contribution in [1.82, 2.24) is 4.98 Å². The number of aromatic nitrogens is 1. The van der Waals surface area contributed by atoms with Gasteiger partial charge in [0.1, 0.15) is 16.6 Å². The van der Waals surface area contributed by atoms with E-state index < -0.39 is 0 Å². The highest BCUT2D eigenvalue weighted by Crippen LogP contribution is 2.35. The predicted molar refractivity (Wildman–Crippen MR) is 111 cm³/mol. The van der Waals surface area contributed by atoms with E-state index in [0.29, 0.717) is 16.3 Å².